The van der Waals surface area contributed by atoms with Crippen LogP contribution in [0.4, 0.5) is 10.5 Å². The minimum atomic E-state index is -0.269. The standard InChI is InChI=1S/C18H15ClN2OS/c19-14-8-4-9-15(12-14)20-18(22)21-17(16-10-5-11-23-16)13-6-2-1-3-7-13/h1-12,17H,(H2,20,21,22). The number of amides is 2. The van der Waals surface area contributed by atoms with Crippen LogP contribution in [0, 0.1) is 0 Å². The minimum Gasteiger partial charge on any atom is -0.326 e. The number of rotatable bonds is 4. The van der Waals surface area contributed by atoms with Gasteiger partial charge in [-0.25, -0.2) is 4.79 Å². The fourth-order valence-corrected chi connectivity index (χ4v) is 3.28. The molecule has 0 spiro atoms. The van der Waals surface area contributed by atoms with Crippen LogP contribution in [0.2, 0.25) is 5.02 Å². The Kier molecular flexibility index (Phi) is 4.95. The van der Waals surface area contributed by atoms with Gasteiger partial charge >= 0.3 is 6.03 Å². The van der Waals surface area contributed by atoms with Crippen molar-refractivity contribution in [1.82, 2.24) is 5.32 Å². The molecular weight excluding hydrogens is 328 g/mol. The molecule has 3 rings (SSSR count). The van der Waals surface area contributed by atoms with Crippen LogP contribution in [0.1, 0.15) is 16.5 Å². The molecule has 0 saturated heterocycles. The summed E-state index contributed by atoms with van der Waals surface area (Å²) in [7, 11) is 0. The quantitative estimate of drug-likeness (QED) is 0.662. The third-order valence-corrected chi connectivity index (χ3v) is 4.49. The molecule has 1 unspecified atom stereocenters. The van der Waals surface area contributed by atoms with Gasteiger partial charge < -0.3 is 10.6 Å². The molecule has 5 heteroatoms. The van der Waals surface area contributed by atoms with Gasteiger partial charge in [0.25, 0.3) is 0 Å². The van der Waals surface area contributed by atoms with E-state index in [-0.39, 0.29) is 12.1 Å². The maximum absolute atomic E-state index is 12.3. The number of hydrogen-bond donors (Lipinski definition) is 2. The first-order valence-electron chi connectivity index (χ1n) is 7.14. The average molecular weight is 343 g/mol. The fraction of sp³-hybridized carbons (Fsp3) is 0.0556. The highest BCUT2D eigenvalue weighted by Crippen LogP contribution is 2.26. The van der Waals surface area contributed by atoms with Crippen molar-refractivity contribution in [1.29, 1.82) is 0 Å². The van der Waals surface area contributed by atoms with E-state index in [1.807, 2.05) is 47.8 Å². The number of anilines is 1. The highest BCUT2D eigenvalue weighted by Gasteiger charge is 2.17. The van der Waals surface area contributed by atoms with Crippen LogP contribution in [0.15, 0.2) is 72.1 Å². The second kappa shape index (κ2) is 7.31. The van der Waals surface area contributed by atoms with Gasteiger partial charge in [0.2, 0.25) is 0 Å². The van der Waals surface area contributed by atoms with Crippen LogP contribution < -0.4 is 10.6 Å². The van der Waals surface area contributed by atoms with Gasteiger partial charge in [0.05, 0.1) is 6.04 Å². The van der Waals surface area contributed by atoms with Crippen LogP contribution in [-0.2, 0) is 0 Å². The van der Waals surface area contributed by atoms with Crippen molar-refractivity contribution in [2.24, 2.45) is 0 Å². The number of benzene rings is 2. The average Bonchev–Trinajstić information content (AvgIpc) is 3.07. The summed E-state index contributed by atoms with van der Waals surface area (Å²) < 4.78 is 0. The largest absolute Gasteiger partial charge is 0.326 e. The van der Waals surface area contributed by atoms with Gasteiger partial charge in [-0.2, -0.15) is 0 Å². The summed E-state index contributed by atoms with van der Waals surface area (Å²) in [5, 5.41) is 8.42. The van der Waals surface area contributed by atoms with Gasteiger partial charge in [0, 0.05) is 15.6 Å². The van der Waals surface area contributed by atoms with Gasteiger partial charge in [-0.05, 0) is 35.2 Å². The lowest BCUT2D eigenvalue weighted by atomic mass is 10.1. The SMILES string of the molecule is O=C(Nc1cccc(Cl)c1)NC(c1ccccc1)c1cccs1. The van der Waals surface area contributed by atoms with Crippen molar-refractivity contribution in [3.8, 4) is 0 Å². The predicted molar refractivity (Wildman–Crippen MR) is 96.2 cm³/mol. The summed E-state index contributed by atoms with van der Waals surface area (Å²) in [5.41, 5.74) is 1.70. The normalized spacial score (nSPS) is 11.7. The molecule has 0 bridgehead atoms. The Balaban J connectivity index is 1.77. The minimum absolute atomic E-state index is 0.185. The molecule has 0 aliphatic heterocycles. The van der Waals surface area contributed by atoms with Gasteiger partial charge in [-0.1, -0.05) is 54.1 Å². The molecule has 0 saturated carbocycles. The maximum Gasteiger partial charge on any atom is 0.320 e. The number of hydrogen-bond acceptors (Lipinski definition) is 2. The third kappa shape index (κ3) is 4.12. The molecule has 0 aliphatic rings. The number of thiophene rings is 1. The smallest absolute Gasteiger partial charge is 0.320 e. The van der Waals surface area contributed by atoms with Gasteiger partial charge in [-0.3, -0.25) is 0 Å². The third-order valence-electron chi connectivity index (χ3n) is 3.32. The molecule has 2 N–H and O–H groups in total. The van der Waals surface area contributed by atoms with E-state index in [4.69, 9.17) is 11.6 Å². The van der Waals surface area contributed by atoms with E-state index in [0.29, 0.717) is 10.7 Å². The molecular formula is C18H15ClN2OS. The van der Waals surface area contributed by atoms with Crippen molar-refractivity contribution < 1.29 is 4.79 Å². The Morgan fingerprint density at radius 3 is 2.52 bits per heavy atom. The van der Waals surface area contributed by atoms with Crippen LogP contribution in [-0.4, -0.2) is 6.03 Å². The van der Waals surface area contributed by atoms with Crippen molar-refractivity contribution >= 4 is 34.7 Å². The molecule has 116 valence electrons. The summed E-state index contributed by atoms with van der Waals surface area (Å²) in [6.45, 7) is 0. The Bertz CT molecular complexity index is 775. The maximum atomic E-state index is 12.3. The lowest BCUT2D eigenvalue weighted by Gasteiger charge is -2.18. The molecule has 0 fully saturated rings. The van der Waals surface area contributed by atoms with E-state index in [1.54, 1.807) is 35.6 Å². The second-order valence-electron chi connectivity index (χ2n) is 4.97. The Morgan fingerprint density at radius 2 is 1.83 bits per heavy atom. The monoisotopic (exact) mass is 342 g/mol. The highest BCUT2D eigenvalue weighted by atomic mass is 35.5. The van der Waals surface area contributed by atoms with E-state index in [0.717, 1.165) is 10.4 Å². The molecule has 3 aromatic rings. The summed E-state index contributed by atoms with van der Waals surface area (Å²) in [6.07, 6.45) is 0. The highest BCUT2D eigenvalue weighted by molar-refractivity contribution is 7.10. The zero-order chi connectivity index (χ0) is 16.1. The first kappa shape index (κ1) is 15.6. The lowest BCUT2D eigenvalue weighted by Crippen LogP contribution is -2.32. The van der Waals surface area contributed by atoms with Crippen LogP contribution in [0.3, 0.4) is 0 Å². The number of carbonyl (C=O) groups is 1. The molecule has 2 amide bonds. The van der Waals surface area contributed by atoms with Gasteiger partial charge in [0.15, 0.2) is 0 Å². The summed E-state index contributed by atoms with van der Waals surface area (Å²) in [4.78, 5) is 13.4. The van der Waals surface area contributed by atoms with Crippen LogP contribution >= 0.6 is 22.9 Å². The molecule has 1 atom stereocenters. The van der Waals surface area contributed by atoms with E-state index in [1.165, 1.54) is 0 Å². The molecule has 0 aliphatic carbocycles. The summed E-state index contributed by atoms with van der Waals surface area (Å²) >= 11 is 7.55. The lowest BCUT2D eigenvalue weighted by molar-refractivity contribution is 0.250. The Labute approximate surface area is 143 Å². The van der Waals surface area contributed by atoms with Gasteiger partial charge in [-0.15, -0.1) is 11.3 Å². The summed E-state index contributed by atoms with van der Waals surface area (Å²) in [5.74, 6) is 0. The molecule has 1 aromatic heterocycles. The Morgan fingerprint density at radius 1 is 1.00 bits per heavy atom. The molecule has 23 heavy (non-hydrogen) atoms. The zero-order valence-electron chi connectivity index (χ0n) is 12.2. The first-order chi connectivity index (χ1) is 11.2. The van der Waals surface area contributed by atoms with Gasteiger partial charge in [0.1, 0.15) is 0 Å². The summed E-state index contributed by atoms with van der Waals surface area (Å²) in [6, 6.07) is 20.5. The number of halogens is 1. The molecule has 3 nitrogen and oxygen atoms in total. The van der Waals surface area contributed by atoms with Crippen molar-refractivity contribution in [2.45, 2.75) is 6.04 Å². The zero-order valence-corrected chi connectivity index (χ0v) is 13.8. The van der Waals surface area contributed by atoms with Crippen LogP contribution in [0.25, 0.3) is 0 Å². The van der Waals surface area contributed by atoms with E-state index in [9.17, 15) is 4.79 Å². The fourth-order valence-electron chi connectivity index (χ4n) is 2.28. The van der Waals surface area contributed by atoms with Crippen molar-refractivity contribution in [3.05, 3.63) is 87.6 Å². The number of urea groups is 1. The van der Waals surface area contributed by atoms with E-state index >= 15 is 0 Å². The first-order valence-corrected chi connectivity index (χ1v) is 8.39. The predicted octanol–water partition coefficient (Wildman–Crippen LogP) is 5.31. The molecule has 1 heterocycles. The topological polar surface area (TPSA) is 41.1 Å². The molecule has 2 aromatic carbocycles. The van der Waals surface area contributed by atoms with Crippen molar-refractivity contribution in [2.75, 3.05) is 5.32 Å². The second-order valence-corrected chi connectivity index (χ2v) is 6.38. The van der Waals surface area contributed by atoms with Crippen molar-refractivity contribution in [3.63, 3.8) is 0 Å². The Hall–Kier alpha value is -2.30. The van der Waals surface area contributed by atoms with E-state index in [2.05, 4.69) is 10.6 Å². The molecule has 0 radical (unpaired) electrons. The number of nitrogens with one attached hydrogen (secondary N) is 2. The number of carbonyl (C=O) groups excluding carboxylic acids is 1. The van der Waals surface area contributed by atoms with Crippen LogP contribution in [0.5, 0.6) is 0 Å². The van der Waals surface area contributed by atoms with E-state index < -0.39 is 0 Å².